The van der Waals surface area contributed by atoms with E-state index in [0.717, 1.165) is 29.9 Å². The monoisotopic (exact) mass is 411 g/mol. The molecular weight excluding hydrogens is 390 g/mol. The molecule has 4 rings (SSSR count). The van der Waals surface area contributed by atoms with Crippen LogP contribution >= 0.6 is 11.6 Å². The summed E-state index contributed by atoms with van der Waals surface area (Å²) in [5, 5.41) is 6.26. The van der Waals surface area contributed by atoms with E-state index in [9.17, 15) is 4.79 Å². The van der Waals surface area contributed by atoms with E-state index < -0.39 is 0 Å². The van der Waals surface area contributed by atoms with Crippen LogP contribution in [0.5, 0.6) is 0 Å². The first-order valence-corrected chi connectivity index (χ1v) is 9.78. The molecule has 0 atom stereocenters. The fraction of sp³-hybridized carbons (Fsp3) is 0.238. The number of hydrogen-bond donors (Lipinski definition) is 3. The maximum atomic E-state index is 12.4. The number of benzene rings is 2. The Labute approximate surface area is 174 Å². The van der Waals surface area contributed by atoms with Crippen molar-refractivity contribution in [3.63, 3.8) is 0 Å². The highest BCUT2D eigenvalue weighted by Crippen LogP contribution is 2.30. The molecule has 2 heterocycles. The van der Waals surface area contributed by atoms with Crippen molar-refractivity contribution in [2.24, 2.45) is 10.7 Å². The Morgan fingerprint density at radius 2 is 1.86 bits per heavy atom. The molecule has 1 fully saturated rings. The van der Waals surface area contributed by atoms with Gasteiger partial charge in [0.2, 0.25) is 0 Å². The molecule has 2 aliphatic rings. The molecule has 0 bridgehead atoms. The van der Waals surface area contributed by atoms with Crippen LogP contribution in [0.4, 0.5) is 21.9 Å². The number of nitrogens with two attached hydrogens (primary N) is 1. The van der Waals surface area contributed by atoms with E-state index in [2.05, 4.69) is 20.5 Å². The Bertz CT molecular complexity index is 983. The number of nitrogens with zero attached hydrogens (tertiary/aromatic N) is 2. The number of amidine groups is 1. The normalized spacial score (nSPS) is 16.2. The zero-order valence-electron chi connectivity index (χ0n) is 15.8. The average molecular weight is 412 g/mol. The number of nitrogens with one attached hydrogen (secondary N) is 2. The zero-order chi connectivity index (χ0) is 20.2. The fourth-order valence-corrected chi connectivity index (χ4v) is 3.66. The predicted molar refractivity (Wildman–Crippen MR) is 118 cm³/mol. The number of amides is 2. The first-order chi connectivity index (χ1) is 14.1. The summed E-state index contributed by atoms with van der Waals surface area (Å²) < 4.78 is 5.37. The smallest absolute Gasteiger partial charge is 0.323 e. The van der Waals surface area contributed by atoms with Gasteiger partial charge in [0.1, 0.15) is 5.84 Å². The molecule has 0 saturated carbocycles. The van der Waals surface area contributed by atoms with Crippen LogP contribution in [0.3, 0.4) is 0 Å². The van der Waals surface area contributed by atoms with Crippen LogP contribution in [0.25, 0.3) is 5.57 Å². The Kier molecular flexibility index (Phi) is 5.69. The molecule has 0 aliphatic carbocycles. The number of urea groups is 1. The van der Waals surface area contributed by atoms with Crippen molar-refractivity contribution < 1.29 is 9.53 Å². The predicted octanol–water partition coefficient (Wildman–Crippen LogP) is 3.92. The van der Waals surface area contributed by atoms with Crippen LogP contribution in [0.2, 0.25) is 5.02 Å². The molecule has 0 aromatic heterocycles. The van der Waals surface area contributed by atoms with Gasteiger partial charge in [-0.3, -0.25) is 0 Å². The third-order valence-electron chi connectivity index (χ3n) is 4.81. The molecule has 2 aromatic rings. The van der Waals surface area contributed by atoms with Gasteiger partial charge < -0.3 is 26.0 Å². The lowest BCUT2D eigenvalue weighted by atomic mass is 10.0. The van der Waals surface area contributed by atoms with E-state index in [1.807, 2.05) is 36.4 Å². The van der Waals surface area contributed by atoms with Crippen molar-refractivity contribution in [1.29, 1.82) is 0 Å². The maximum Gasteiger partial charge on any atom is 0.323 e. The first kappa shape index (κ1) is 19.3. The molecule has 1 saturated heterocycles. The van der Waals surface area contributed by atoms with Crippen LogP contribution < -0.4 is 21.3 Å². The Morgan fingerprint density at radius 3 is 2.55 bits per heavy atom. The first-order valence-electron chi connectivity index (χ1n) is 9.40. The molecule has 8 heteroatoms. The molecule has 7 nitrogen and oxygen atoms in total. The minimum atomic E-state index is -0.339. The van der Waals surface area contributed by atoms with Gasteiger partial charge in [-0.05, 0) is 41.5 Å². The van der Waals surface area contributed by atoms with Gasteiger partial charge >= 0.3 is 6.03 Å². The second kappa shape index (κ2) is 8.55. The lowest BCUT2D eigenvalue weighted by Crippen LogP contribution is -2.36. The van der Waals surface area contributed by atoms with Crippen molar-refractivity contribution in [3.8, 4) is 0 Å². The number of hydrogen-bond acceptors (Lipinski definition) is 5. The van der Waals surface area contributed by atoms with Crippen LogP contribution in [-0.4, -0.2) is 38.2 Å². The summed E-state index contributed by atoms with van der Waals surface area (Å²) in [6.07, 6.45) is 2.37. The van der Waals surface area contributed by atoms with Crippen LogP contribution in [0.1, 0.15) is 12.0 Å². The van der Waals surface area contributed by atoms with Gasteiger partial charge in [-0.15, -0.1) is 0 Å². The highest BCUT2D eigenvalue weighted by atomic mass is 35.5. The van der Waals surface area contributed by atoms with E-state index in [-0.39, 0.29) is 6.03 Å². The van der Waals surface area contributed by atoms with Crippen molar-refractivity contribution in [1.82, 2.24) is 0 Å². The van der Waals surface area contributed by atoms with Gasteiger partial charge in [-0.25, -0.2) is 9.79 Å². The number of morpholine rings is 1. The summed E-state index contributed by atoms with van der Waals surface area (Å²) in [6.45, 7) is 2.98. The van der Waals surface area contributed by atoms with Gasteiger partial charge in [0, 0.05) is 37.1 Å². The molecule has 150 valence electrons. The molecule has 0 spiro atoms. The minimum absolute atomic E-state index is 0.339. The van der Waals surface area contributed by atoms with Crippen molar-refractivity contribution >= 4 is 46.1 Å². The van der Waals surface area contributed by atoms with E-state index >= 15 is 0 Å². The van der Waals surface area contributed by atoms with Crippen LogP contribution in [-0.2, 0) is 4.74 Å². The van der Waals surface area contributed by atoms with Crippen molar-refractivity contribution in [3.05, 3.63) is 59.3 Å². The van der Waals surface area contributed by atoms with E-state index in [1.54, 1.807) is 12.3 Å². The van der Waals surface area contributed by atoms with Gasteiger partial charge in [-0.2, -0.15) is 0 Å². The number of aliphatic imine (C=N–C) groups is 1. The molecule has 4 N–H and O–H groups in total. The second-order valence-corrected chi connectivity index (χ2v) is 7.28. The van der Waals surface area contributed by atoms with E-state index in [1.165, 1.54) is 0 Å². The van der Waals surface area contributed by atoms with Crippen molar-refractivity contribution in [2.75, 3.05) is 41.8 Å². The fourth-order valence-electron chi connectivity index (χ4n) is 3.36. The summed E-state index contributed by atoms with van der Waals surface area (Å²) in [7, 11) is 0. The van der Waals surface area contributed by atoms with Gasteiger partial charge in [0.25, 0.3) is 0 Å². The largest absolute Gasteiger partial charge is 0.387 e. The number of rotatable bonds is 4. The second-order valence-electron chi connectivity index (χ2n) is 6.88. The number of carbonyl (C=O) groups is 1. The van der Waals surface area contributed by atoms with E-state index in [4.69, 9.17) is 22.1 Å². The average Bonchev–Trinajstić information content (AvgIpc) is 3.15. The maximum absolute atomic E-state index is 12.4. The molecular formula is C21H22ClN5O2. The standard InChI is InChI=1S/C21H22ClN5O2/c22-18-12-17(4-5-19(18)27-6-8-29-9-7-27)26-21(28)25-16-3-1-2-14(10-16)15-11-20(23)24-13-15/h1-5,10,12-13H,6-9,11H2,(H2,23,24)(H2,25,26,28). The number of ether oxygens (including phenoxy) is 1. The summed E-state index contributed by atoms with van der Waals surface area (Å²) in [6, 6.07) is 12.8. The number of carbonyl (C=O) groups excluding carboxylic acids is 1. The lowest BCUT2D eigenvalue weighted by molar-refractivity contribution is 0.122. The number of halogens is 1. The number of anilines is 3. The highest BCUT2D eigenvalue weighted by Gasteiger charge is 2.15. The summed E-state index contributed by atoms with van der Waals surface area (Å²) in [5.74, 6) is 0.591. The van der Waals surface area contributed by atoms with E-state index in [0.29, 0.717) is 41.9 Å². The third-order valence-corrected chi connectivity index (χ3v) is 5.11. The quantitative estimate of drug-likeness (QED) is 0.710. The minimum Gasteiger partial charge on any atom is -0.387 e. The summed E-state index contributed by atoms with van der Waals surface area (Å²) >= 11 is 6.43. The van der Waals surface area contributed by atoms with Gasteiger partial charge in [0.15, 0.2) is 0 Å². The summed E-state index contributed by atoms with van der Waals surface area (Å²) in [4.78, 5) is 18.7. The molecule has 2 aromatic carbocycles. The highest BCUT2D eigenvalue weighted by molar-refractivity contribution is 6.33. The molecule has 29 heavy (non-hydrogen) atoms. The molecule has 2 amide bonds. The SMILES string of the molecule is NC1=NC=C(c2cccc(NC(=O)Nc3ccc(N4CCOCC4)c(Cl)c3)c2)C1. The Morgan fingerprint density at radius 1 is 1.10 bits per heavy atom. The van der Waals surface area contributed by atoms with Crippen LogP contribution in [0, 0.1) is 0 Å². The summed E-state index contributed by atoms with van der Waals surface area (Å²) in [5.41, 5.74) is 9.99. The van der Waals surface area contributed by atoms with Crippen molar-refractivity contribution in [2.45, 2.75) is 6.42 Å². The Hall–Kier alpha value is -3.03. The zero-order valence-corrected chi connectivity index (χ0v) is 16.6. The van der Waals surface area contributed by atoms with Crippen LogP contribution in [0.15, 0.2) is 53.7 Å². The van der Waals surface area contributed by atoms with Gasteiger partial charge in [0.05, 0.1) is 23.9 Å². The third kappa shape index (κ3) is 4.70. The molecule has 0 radical (unpaired) electrons. The lowest BCUT2D eigenvalue weighted by Gasteiger charge is -2.29. The topological polar surface area (TPSA) is 92.0 Å². The molecule has 0 unspecified atom stereocenters. The molecule has 2 aliphatic heterocycles. The van der Waals surface area contributed by atoms with Gasteiger partial charge in [-0.1, -0.05) is 23.7 Å². The Balaban J connectivity index is 1.39.